The van der Waals surface area contributed by atoms with E-state index >= 15 is 0 Å². The van der Waals surface area contributed by atoms with Crippen molar-refractivity contribution in [1.29, 1.82) is 0 Å². The van der Waals surface area contributed by atoms with Crippen molar-refractivity contribution in [1.82, 2.24) is 14.8 Å². The smallest absolute Gasteiger partial charge is 0.336 e. The van der Waals surface area contributed by atoms with Crippen molar-refractivity contribution in [3.63, 3.8) is 0 Å². The summed E-state index contributed by atoms with van der Waals surface area (Å²) in [5, 5.41) is 4.19. The van der Waals surface area contributed by atoms with Gasteiger partial charge >= 0.3 is 6.01 Å². The van der Waals surface area contributed by atoms with Crippen LogP contribution in [0.5, 0.6) is 6.01 Å². The number of rotatable bonds is 5. The molecule has 0 N–H and O–H groups in total. The molecule has 0 aliphatic carbocycles. The van der Waals surface area contributed by atoms with Gasteiger partial charge in [-0.25, -0.2) is 4.68 Å². The van der Waals surface area contributed by atoms with Crippen LogP contribution in [0.15, 0.2) is 48.8 Å². The quantitative estimate of drug-likeness (QED) is 0.604. The Hall–Kier alpha value is -1.81. The van der Waals surface area contributed by atoms with Crippen molar-refractivity contribution in [2.24, 2.45) is 0 Å². The molecule has 2 aromatic rings. The van der Waals surface area contributed by atoms with E-state index in [4.69, 9.17) is 16.3 Å². The second kappa shape index (κ2) is 6.06. The van der Waals surface area contributed by atoms with Gasteiger partial charge in [-0.2, -0.15) is 4.98 Å². The lowest BCUT2D eigenvalue weighted by molar-refractivity contribution is 0.333. The molecule has 0 aliphatic rings. The zero-order valence-corrected chi connectivity index (χ0v) is 9.92. The molecule has 0 atom stereocenters. The second-order valence-corrected chi connectivity index (χ2v) is 3.55. The van der Waals surface area contributed by atoms with Crippen LogP contribution < -0.4 is 4.74 Å². The molecule has 1 aromatic carbocycles. The molecule has 0 radical (unpaired) electrons. The number of para-hydroxylation sites is 1. The van der Waals surface area contributed by atoms with Crippen LogP contribution in [0.1, 0.15) is 0 Å². The van der Waals surface area contributed by atoms with Gasteiger partial charge in [0.15, 0.2) is 0 Å². The number of hydrogen-bond donors (Lipinski definition) is 0. The fraction of sp³-hybridized carbons (Fsp3) is 0.167. The van der Waals surface area contributed by atoms with Crippen LogP contribution in [0, 0.1) is 0 Å². The predicted octanol–water partition coefficient (Wildman–Crippen LogP) is 2.44. The van der Waals surface area contributed by atoms with Crippen molar-refractivity contribution < 1.29 is 4.74 Å². The van der Waals surface area contributed by atoms with Crippen molar-refractivity contribution in [2.75, 3.05) is 12.5 Å². The minimum Gasteiger partial charge on any atom is -0.458 e. The van der Waals surface area contributed by atoms with Crippen LogP contribution in [0.2, 0.25) is 0 Å². The maximum Gasteiger partial charge on any atom is 0.336 e. The maximum atomic E-state index is 5.49. The molecule has 0 saturated heterocycles. The summed E-state index contributed by atoms with van der Waals surface area (Å²) >= 11 is 5.49. The first-order valence-corrected chi connectivity index (χ1v) is 5.74. The lowest BCUT2D eigenvalue weighted by atomic mass is 10.3. The molecule has 2 rings (SSSR count). The summed E-state index contributed by atoms with van der Waals surface area (Å²) in [6.45, 7) is 0.422. The zero-order chi connectivity index (χ0) is 11.9. The van der Waals surface area contributed by atoms with E-state index in [0.29, 0.717) is 18.5 Å². The molecule has 17 heavy (non-hydrogen) atoms. The molecule has 0 bridgehead atoms. The highest BCUT2D eigenvalue weighted by Crippen LogP contribution is 2.07. The molecule has 4 nitrogen and oxygen atoms in total. The molecule has 0 amide bonds. The molecule has 0 aliphatic heterocycles. The average molecular weight is 250 g/mol. The molecule has 0 saturated carbocycles. The van der Waals surface area contributed by atoms with Gasteiger partial charge < -0.3 is 4.74 Å². The Morgan fingerprint density at radius 3 is 2.82 bits per heavy atom. The second-order valence-electron chi connectivity index (χ2n) is 3.24. The Morgan fingerprint density at radius 2 is 2.06 bits per heavy atom. The summed E-state index contributed by atoms with van der Waals surface area (Å²) in [5.74, 6) is 0.481. The van der Waals surface area contributed by atoms with Crippen molar-refractivity contribution in [3.05, 3.63) is 48.8 Å². The highest BCUT2D eigenvalue weighted by atomic mass is 35.5. The monoisotopic (exact) mass is 249 g/mol. The van der Waals surface area contributed by atoms with Crippen LogP contribution in [0.4, 0.5) is 0 Å². The third-order valence-corrected chi connectivity index (χ3v) is 2.23. The van der Waals surface area contributed by atoms with E-state index in [9.17, 15) is 0 Å². The summed E-state index contributed by atoms with van der Waals surface area (Å²) in [7, 11) is 0. The molecule has 1 heterocycles. The SMILES string of the molecule is ClC/C=C/COc1ncn(-c2ccccc2)n1. The minimum absolute atomic E-state index is 0.355. The highest BCUT2D eigenvalue weighted by Gasteiger charge is 2.01. The Balaban J connectivity index is 1.99. The maximum absolute atomic E-state index is 5.49. The number of ether oxygens (including phenoxy) is 1. The number of hydrogen-bond acceptors (Lipinski definition) is 3. The van der Waals surface area contributed by atoms with Crippen LogP contribution in [0.25, 0.3) is 5.69 Å². The van der Waals surface area contributed by atoms with Gasteiger partial charge in [0, 0.05) is 5.88 Å². The van der Waals surface area contributed by atoms with Gasteiger partial charge in [-0.3, -0.25) is 0 Å². The lowest BCUT2D eigenvalue weighted by Gasteiger charge is -1.98. The summed E-state index contributed by atoms with van der Waals surface area (Å²) in [6, 6.07) is 10.1. The molecule has 5 heteroatoms. The lowest BCUT2D eigenvalue weighted by Crippen LogP contribution is -1.98. The summed E-state index contributed by atoms with van der Waals surface area (Å²) < 4.78 is 6.99. The van der Waals surface area contributed by atoms with Gasteiger partial charge in [-0.05, 0) is 12.1 Å². The topological polar surface area (TPSA) is 39.9 Å². The first-order valence-electron chi connectivity index (χ1n) is 5.21. The average Bonchev–Trinajstić information content (AvgIpc) is 2.85. The molecule has 1 aromatic heterocycles. The number of allylic oxidation sites excluding steroid dienone is 1. The number of benzene rings is 1. The highest BCUT2D eigenvalue weighted by molar-refractivity contribution is 6.18. The standard InChI is InChI=1S/C12H12ClN3O/c13-8-4-5-9-17-12-14-10-16(15-12)11-6-2-1-3-7-11/h1-7,10H,8-9H2/b5-4+. The van der Waals surface area contributed by atoms with Crippen LogP contribution in [0.3, 0.4) is 0 Å². The molecular weight excluding hydrogens is 238 g/mol. The van der Waals surface area contributed by atoms with Crippen molar-refractivity contribution in [3.8, 4) is 11.7 Å². The predicted molar refractivity (Wildman–Crippen MR) is 66.7 cm³/mol. The van der Waals surface area contributed by atoms with E-state index < -0.39 is 0 Å². The number of halogens is 1. The molecule has 0 fully saturated rings. The van der Waals surface area contributed by atoms with Crippen LogP contribution >= 0.6 is 11.6 Å². The summed E-state index contributed by atoms with van der Waals surface area (Å²) in [5.41, 5.74) is 0.950. The third-order valence-electron chi connectivity index (χ3n) is 2.06. The van der Waals surface area contributed by atoms with E-state index in [0.717, 1.165) is 5.69 Å². The van der Waals surface area contributed by atoms with E-state index in [1.54, 1.807) is 11.0 Å². The molecule has 0 spiro atoms. The normalized spacial score (nSPS) is 10.9. The van der Waals surface area contributed by atoms with Gasteiger partial charge in [-0.15, -0.1) is 16.7 Å². The van der Waals surface area contributed by atoms with Crippen LogP contribution in [-0.2, 0) is 0 Å². The first-order chi connectivity index (χ1) is 8.40. The fourth-order valence-electron chi connectivity index (χ4n) is 1.27. The van der Waals surface area contributed by atoms with Crippen molar-refractivity contribution >= 4 is 11.6 Å². The van der Waals surface area contributed by atoms with Gasteiger partial charge in [0.2, 0.25) is 0 Å². The summed E-state index contributed by atoms with van der Waals surface area (Å²) in [4.78, 5) is 4.05. The van der Waals surface area contributed by atoms with E-state index in [1.165, 1.54) is 0 Å². The van der Waals surface area contributed by atoms with Gasteiger partial charge in [0.05, 0.1) is 5.69 Å². The zero-order valence-electron chi connectivity index (χ0n) is 9.16. The molecule has 0 unspecified atom stereocenters. The van der Waals surface area contributed by atoms with Gasteiger partial charge in [0.25, 0.3) is 0 Å². The summed E-state index contributed by atoms with van der Waals surface area (Å²) in [6.07, 6.45) is 5.27. The Morgan fingerprint density at radius 1 is 1.24 bits per heavy atom. The van der Waals surface area contributed by atoms with E-state index in [1.807, 2.05) is 42.5 Å². The number of aromatic nitrogens is 3. The first kappa shape index (κ1) is 11.7. The number of alkyl halides is 1. The largest absolute Gasteiger partial charge is 0.458 e. The Labute approximate surface area is 105 Å². The molecule has 88 valence electrons. The Kier molecular flexibility index (Phi) is 4.16. The minimum atomic E-state index is 0.355. The molecular formula is C12H12ClN3O. The van der Waals surface area contributed by atoms with Gasteiger partial charge in [-0.1, -0.05) is 30.4 Å². The number of nitrogens with zero attached hydrogens (tertiary/aromatic N) is 3. The fourth-order valence-corrected chi connectivity index (χ4v) is 1.40. The van der Waals surface area contributed by atoms with Crippen molar-refractivity contribution in [2.45, 2.75) is 0 Å². The Bertz CT molecular complexity index is 482. The van der Waals surface area contributed by atoms with Crippen LogP contribution in [-0.4, -0.2) is 27.3 Å². The third kappa shape index (κ3) is 3.32. The van der Waals surface area contributed by atoms with Gasteiger partial charge in [0.1, 0.15) is 12.9 Å². The van der Waals surface area contributed by atoms with E-state index in [2.05, 4.69) is 10.1 Å². The van der Waals surface area contributed by atoms with E-state index in [-0.39, 0.29) is 0 Å².